The number of quaternary nitrogens is 1. The van der Waals surface area contributed by atoms with Gasteiger partial charge >= 0.3 is 7.82 Å². The molecule has 3 N–H and O–H groups in total. The van der Waals surface area contributed by atoms with E-state index in [9.17, 15) is 19.4 Å². The van der Waals surface area contributed by atoms with Gasteiger partial charge in [0.05, 0.1) is 39.9 Å². The van der Waals surface area contributed by atoms with Gasteiger partial charge in [0.25, 0.3) is 0 Å². The van der Waals surface area contributed by atoms with Crippen molar-refractivity contribution in [3.63, 3.8) is 0 Å². The lowest BCUT2D eigenvalue weighted by atomic mass is 10.0. The first kappa shape index (κ1) is 72.9. The normalized spacial score (nSPS) is 14.7. The lowest BCUT2D eigenvalue weighted by Crippen LogP contribution is -2.46. The van der Waals surface area contributed by atoms with Gasteiger partial charge in [-0.25, -0.2) is 4.57 Å². The van der Waals surface area contributed by atoms with Gasteiger partial charge in [-0.3, -0.25) is 13.8 Å². The molecular formula is C67H118N2O6P+. The fraction of sp³-hybridized carbons (Fsp3) is 0.687. The first-order valence-corrected chi connectivity index (χ1v) is 32.4. The van der Waals surface area contributed by atoms with Crippen LogP contribution in [0.1, 0.15) is 245 Å². The van der Waals surface area contributed by atoms with Gasteiger partial charge in [0.1, 0.15) is 13.2 Å². The fourth-order valence-electron chi connectivity index (χ4n) is 8.43. The quantitative estimate of drug-likeness (QED) is 0.0243. The maximum absolute atomic E-state index is 13.0. The minimum absolute atomic E-state index is 0.0690. The van der Waals surface area contributed by atoms with Gasteiger partial charge in [-0.05, 0) is 89.9 Å². The summed E-state index contributed by atoms with van der Waals surface area (Å²) in [6.07, 6.45) is 84.1. The van der Waals surface area contributed by atoms with Crippen molar-refractivity contribution in [3.8, 4) is 0 Å². The molecule has 0 radical (unpaired) electrons. The van der Waals surface area contributed by atoms with E-state index in [-0.39, 0.29) is 19.1 Å². The number of hydrogen-bond donors (Lipinski definition) is 3. The molecule has 0 aromatic heterocycles. The van der Waals surface area contributed by atoms with Crippen LogP contribution < -0.4 is 5.32 Å². The van der Waals surface area contributed by atoms with E-state index in [2.05, 4.69) is 141 Å². The standard InChI is InChI=1S/C67H117N2O6P/c1-6-8-10-12-14-16-18-20-21-22-23-24-25-26-27-28-29-30-31-32-33-34-35-36-37-38-39-40-41-42-43-44-45-46-47-49-51-53-55-57-59-61-67(71)68-65(64-75-76(72,73)74-63-62-69(3,4)5)66(70)60-58-56-54-52-50-48-19-17-15-13-11-9-7-2/h8,10,14,16,20-21,23-24,26-27,29-30,32-33,35-36,38-39,41-42,65-66,70H,6-7,9,11-13,15,17-19,22,25,28,31,34,37,40,43-64H2,1-5H3,(H-,68,71,72,73)/p+1/b10-8-,16-14-,21-20-,24-23-,27-26-,30-29-,33-32-,36-35-,39-38-,42-41-. The van der Waals surface area contributed by atoms with Crippen LogP contribution in [-0.4, -0.2) is 73.4 Å². The van der Waals surface area contributed by atoms with E-state index in [4.69, 9.17) is 9.05 Å². The number of aliphatic hydroxyl groups is 1. The van der Waals surface area contributed by atoms with Gasteiger partial charge < -0.3 is 19.8 Å². The average molecular weight is 1080 g/mol. The molecule has 0 aromatic carbocycles. The van der Waals surface area contributed by atoms with Crippen molar-refractivity contribution in [2.24, 2.45) is 0 Å². The van der Waals surface area contributed by atoms with Crippen molar-refractivity contribution >= 4 is 13.7 Å². The second-order valence-electron chi connectivity index (χ2n) is 21.7. The van der Waals surface area contributed by atoms with Crippen LogP contribution >= 0.6 is 7.82 Å². The molecule has 0 rings (SSSR count). The number of likely N-dealkylation sites (N-methyl/N-ethyl adjacent to an activating group) is 1. The van der Waals surface area contributed by atoms with Crippen LogP contribution in [0.4, 0.5) is 0 Å². The number of allylic oxidation sites excluding steroid dienone is 20. The predicted molar refractivity (Wildman–Crippen MR) is 332 cm³/mol. The summed E-state index contributed by atoms with van der Waals surface area (Å²) >= 11 is 0. The average Bonchev–Trinajstić information content (AvgIpc) is 3.38. The Morgan fingerprint density at radius 2 is 0.789 bits per heavy atom. The third-order valence-electron chi connectivity index (χ3n) is 13.2. The molecule has 3 unspecified atom stereocenters. The summed E-state index contributed by atoms with van der Waals surface area (Å²) in [7, 11) is 1.60. The number of unbranched alkanes of at least 4 members (excludes halogenated alkanes) is 22. The number of aliphatic hydroxyl groups excluding tert-OH is 1. The Morgan fingerprint density at radius 1 is 0.461 bits per heavy atom. The summed E-state index contributed by atoms with van der Waals surface area (Å²) in [5.41, 5.74) is 0. The third kappa shape index (κ3) is 58.6. The number of rotatable bonds is 55. The van der Waals surface area contributed by atoms with Crippen molar-refractivity contribution in [1.82, 2.24) is 5.32 Å². The zero-order chi connectivity index (χ0) is 55.6. The Morgan fingerprint density at radius 3 is 1.16 bits per heavy atom. The summed E-state index contributed by atoms with van der Waals surface area (Å²) < 4.78 is 23.7. The lowest BCUT2D eigenvalue weighted by Gasteiger charge is -2.26. The van der Waals surface area contributed by atoms with Crippen LogP contribution in [0, 0.1) is 0 Å². The molecule has 0 aromatic rings. The van der Waals surface area contributed by atoms with Gasteiger partial charge in [0, 0.05) is 6.42 Å². The zero-order valence-electron chi connectivity index (χ0n) is 49.7. The molecule has 0 saturated heterocycles. The Kier molecular flexibility index (Phi) is 54.3. The number of carbonyl (C=O) groups is 1. The Bertz CT molecular complexity index is 1650. The van der Waals surface area contributed by atoms with E-state index in [0.717, 1.165) is 109 Å². The van der Waals surface area contributed by atoms with E-state index in [1.807, 2.05) is 21.1 Å². The minimum atomic E-state index is -4.33. The molecule has 9 heteroatoms. The molecule has 0 spiro atoms. The highest BCUT2D eigenvalue weighted by atomic mass is 31.2. The molecule has 0 aliphatic carbocycles. The molecule has 76 heavy (non-hydrogen) atoms. The molecule has 0 aliphatic rings. The highest BCUT2D eigenvalue weighted by molar-refractivity contribution is 7.47. The van der Waals surface area contributed by atoms with Crippen LogP contribution in [0.2, 0.25) is 0 Å². The van der Waals surface area contributed by atoms with Crippen LogP contribution in [0.5, 0.6) is 0 Å². The number of nitrogens with one attached hydrogen (secondary N) is 1. The smallest absolute Gasteiger partial charge is 0.391 e. The van der Waals surface area contributed by atoms with Crippen LogP contribution in [-0.2, 0) is 18.4 Å². The predicted octanol–water partition coefficient (Wildman–Crippen LogP) is 19.3. The van der Waals surface area contributed by atoms with Crippen molar-refractivity contribution in [2.45, 2.75) is 257 Å². The zero-order valence-corrected chi connectivity index (χ0v) is 50.6. The molecule has 8 nitrogen and oxygen atoms in total. The van der Waals surface area contributed by atoms with E-state index in [1.54, 1.807) is 0 Å². The maximum Gasteiger partial charge on any atom is 0.472 e. The highest BCUT2D eigenvalue weighted by Gasteiger charge is 2.28. The van der Waals surface area contributed by atoms with Crippen molar-refractivity contribution in [3.05, 3.63) is 122 Å². The van der Waals surface area contributed by atoms with Gasteiger partial charge in [-0.15, -0.1) is 0 Å². The number of phosphoric acid groups is 1. The molecular weight excluding hydrogens is 960 g/mol. The highest BCUT2D eigenvalue weighted by Crippen LogP contribution is 2.43. The molecule has 0 aliphatic heterocycles. The topological polar surface area (TPSA) is 105 Å². The summed E-state index contributed by atoms with van der Waals surface area (Å²) in [6, 6.07) is -0.770. The number of carbonyl (C=O) groups excluding carboxylic acids is 1. The van der Waals surface area contributed by atoms with Crippen LogP contribution in [0.25, 0.3) is 0 Å². The van der Waals surface area contributed by atoms with E-state index < -0.39 is 20.0 Å². The SMILES string of the molecule is CC/C=C\C/C=C\C/C=C\C/C=C\C/C=C\C/C=C\C/C=C\C/C=C\C/C=C\C/C=C\CCCCCCCCCCCCC(=O)NC(COP(=O)(O)OCC[N+](C)(C)C)C(O)CCCCCCCCCCCCCCC. The van der Waals surface area contributed by atoms with Crippen LogP contribution in [0.3, 0.4) is 0 Å². The largest absolute Gasteiger partial charge is 0.472 e. The van der Waals surface area contributed by atoms with Crippen LogP contribution in [0.15, 0.2) is 122 Å². The maximum atomic E-state index is 13.0. The summed E-state index contributed by atoms with van der Waals surface area (Å²) in [4.78, 5) is 23.3. The number of amides is 1. The number of nitrogens with zero attached hydrogens (tertiary/aromatic N) is 1. The monoisotopic (exact) mass is 1080 g/mol. The summed E-state index contributed by atoms with van der Waals surface area (Å²) in [5.74, 6) is -0.153. The van der Waals surface area contributed by atoms with Crippen molar-refractivity contribution in [1.29, 1.82) is 0 Å². The Labute approximate surface area is 469 Å². The first-order chi connectivity index (χ1) is 37.0. The fourth-order valence-corrected chi connectivity index (χ4v) is 9.16. The van der Waals surface area contributed by atoms with E-state index in [0.29, 0.717) is 23.9 Å². The molecule has 0 bridgehead atoms. The molecule has 0 saturated carbocycles. The number of phosphoric ester groups is 1. The van der Waals surface area contributed by atoms with Crippen molar-refractivity contribution in [2.75, 3.05) is 40.9 Å². The second-order valence-corrected chi connectivity index (χ2v) is 23.2. The first-order valence-electron chi connectivity index (χ1n) is 30.9. The molecule has 1 amide bonds. The third-order valence-corrected chi connectivity index (χ3v) is 14.2. The van der Waals surface area contributed by atoms with Crippen molar-refractivity contribution < 1.29 is 32.9 Å². The Hall–Kier alpha value is -3.10. The van der Waals surface area contributed by atoms with E-state index in [1.165, 1.54) is 109 Å². The van der Waals surface area contributed by atoms with Gasteiger partial charge in [0.15, 0.2) is 0 Å². The van der Waals surface area contributed by atoms with E-state index >= 15 is 0 Å². The lowest BCUT2D eigenvalue weighted by molar-refractivity contribution is -0.870. The molecule has 0 heterocycles. The Balaban J connectivity index is 4.05. The molecule has 3 atom stereocenters. The van der Waals surface area contributed by atoms with Gasteiger partial charge in [-0.1, -0.05) is 270 Å². The minimum Gasteiger partial charge on any atom is -0.391 e. The molecule has 436 valence electrons. The van der Waals surface area contributed by atoms with Gasteiger partial charge in [0.2, 0.25) is 5.91 Å². The summed E-state index contributed by atoms with van der Waals surface area (Å²) in [6.45, 7) is 4.76. The number of hydrogen-bond acceptors (Lipinski definition) is 5. The second kappa shape index (κ2) is 56.6. The van der Waals surface area contributed by atoms with Gasteiger partial charge in [-0.2, -0.15) is 0 Å². The molecule has 0 fully saturated rings. The summed E-state index contributed by atoms with van der Waals surface area (Å²) in [5, 5.41) is 14.0.